The summed E-state index contributed by atoms with van der Waals surface area (Å²) in [5, 5.41) is 12.3. The SMILES string of the molecule is Cc1ccccc1CNc1nncn1-c1cccc(Cl)c1Cl. The molecule has 0 saturated carbocycles. The summed E-state index contributed by atoms with van der Waals surface area (Å²) in [4.78, 5) is 0. The second kappa shape index (κ2) is 6.38. The Bertz CT molecular complexity index is 798. The fraction of sp³-hybridized carbons (Fsp3) is 0.125. The number of benzene rings is 2. The quantitative estimate of drug-likeness (QED) is 0.765. The molecule has 112 valence electrons. The molecule has 0 unspecified atom stereocenters. The highest BCUT2D eigenvalue weighted by atomic mass is 35.5. The van der Waals surface area contributed by atoms with Gasteiger partial charge in [-0.1, -0.05) is 53.5 Å². The summed E-state index contributed by atoms with van der Waals surface area (Å²) < 4.78 is 1.78. The molecule has 0 spiro atoms. The van der Waals surface area contributed by atoms with Gasteiger partial charge in [0.15, 0.2) is 0 Å². The Hall–Kier alpha value is -2.04. The average molecular weight is 333 g/mol. The van der Waals surface area contributed by atoms with Crippen LogP contribution >= 0.6 is 23.2 Å². The van der Waals surface area contributed by atoms with E-state index in [1.165, 1.54) is 11.1 Å². The van der Waals surface area contributed by atoms with Crippen LogP contribution in [-0.2, 0) is 6.54 Å². The van der Waals surface area contributed by atoms with E-state index in [0.29, 0.717) is 22.5 Å². The van der Waals surface area contributed by atoms with Crippen molar-refractivity contribution >= 4 is 29.2 Å². The molecule has 0 amide bonds. The lowest BCUT2D eigenvalue weighted by atomic mass is 10.1. The van der Waals surface area contributed by atoms with E-state index in [0.717, 1.165) is 5.69 Å². The predicted molar refractivity (Wildman–Crippen MR) is 89.9 cm³/mol. The first-order valence-electron chi connectivity index (χ1n) is 6.79. The van der Waals surface area contributed by atoms with Crippen molar-refractivity contribution in [1.82, 2.24) is 14.8 Å². The largest absolute Gasteiger partial charge is 0.350 e. The number of aromatic nitrogens is 3. The average Bonchev–Trinajstić information content (AvgIpc) is 2.97. The van der Waals surface area contributed by atoms with Crippen LogP contribution in [0.4, 0.5) is 5.95 Å². The molecule has 0 aliphatic carbocycles. The van der Waals surface area contributed by atoms with E-state index < -0.39 is 0 Å². The Morgan fingerprint density at radius 1 is 1.09 bits per heavy atom. The molecule has 0 saturated heterocycles. The monoisotopic (exact) mass is 332 g/mol. The Balaban J connectivity index is 1.87. The van der Waals surface area contributed by atoms with Crippen molar-refractivity contribution < 1.29 is 0 Å². The number of rotatable bonds is 4. The number of halogens is 2. The Kier molecular flexibility index (Phi) is 4.32. The lowest BCUT2D eigenvalue weighted by Crippen LogP contribution is -2.07. The van der Waals surface area contributed by atoms with E-state index in [1.54, 1.807) is 17.0 Å². The van der Waals surface area contributed by atoms with Gasteiger partial charge in [0.2, 0.25) is 5.95 Å². The van der Waals surface area contributed by atoms with Crippen LogP contribution in [0.3, 0.4) is 0 Å². The van der Waals surface area contributed by atoms with Gasteiger partial charge >= 0.3 is 0 Å². The highest BCUT2D eigenvalue weighted by molar-refractivity contribution is 6.43. The summed E-state index contributed by atoms with van der Waals surface area (Å²) in [7, 11) is 0. The van der Waals surface area contributed by atoms with Crippen LogP contribution in [0, 0.1) is 6.92 Å². The standard InChI is InChI=1S/C16H14Cl2N4/c1-11-5-2-3-6-12(11)9-19-16-21-20-10-22(16)14-8-4-7-13(17)15(14)18/h2-8,10H,9H2,1H3,(H,19,21). The summed E-state index contributed by atoms with van der Waals surface area (Å²) >= 11 is 12.3. The minimum absolute atomic E-state index is 0.475. The molecule has 4 nitrogen and oxygen atoms in total. The van der Waals surface area contributed by atoms with Gasteiger partial charge < -0.3 is 5.32 Å². The van der Waals surface area contributed by atoms with Crippen molar-refractivity contribution in [3.63, 3.8) is 0 Å². The van der Waals surface area contributed by atoms with E-state index in [9.17, 15) is 0 Å². The fourth-order valence-corrected chi connectivity index (χ4v) is 2.58. The van der Waals surface area contributed by atoms with Gasteiger partial charge in [0.1, 0.15) is 6.33 Å². The molecule has 6 heteroatoms. The smallest absolute Gasteiger partial charge is 0.229 e. The first-order chi connectivity index (χ1) is 10.7. The molecule has 0 radical (unpaired) electrons. The van der Waals surface area contributed by atoms with Gasteiger partial charge in [-0.25, -0.2) is 0 Å². The topological polar surface area (TPSA) is 42.7 Å². The summed E-state index contributed by atoms with van der Waals surface area (Å²) in [6.07, 6.45) is 1.61. The van der Waals surface area contributed by atoms with Crippen molar-refractivity contribution in [1.29, 1.82) is 0 Å². The molecule has 22 heavy (non-hydrogen) atoms. The minimum atomic E-state index is 0.475. The predicted octanol–water partition coefficient (Wildman–Crippen LogP) is 4.49. The number of aryl methyl sites for hydroxylation is 1. The van der Waals surface area contributed by atoms with E-state index in [1.807, 2.05) is 24.3 Å². The maximum absolute atomic E-state index is 6.26. The van der Waals surface area contributed by atoms with Crippen LogP contribution in [-0.4, -0.2) is 14.8 Å². The fourth-order valence-electron chi connectivity index (χ4n) is 2.19. The van der Waals surface area contributed by atoms with E-state index in [2.05, 4.69) is 34.6 Å². The van der Waals surface area contributed by atoms with Crippen LogP contribution < -0.4 is 5.32 Å². The summed E-state index contributed by atoms with van der Waals surface area (Å²) in [6.45, 7) is 2.74. The highest BCUT2D eigenvalue weighted by Gasteiger charge is 2.11. The second-order valence-corrected chi connectivity index (χ2v) is 5.66. The molecule has 1 heterocycles. The minimum Gasteiger partial charge on any atom is -0.350 e. The third kappa shape index (κ3) is 2.93. The van der Waals surface area contributed by atoms with Crippen molar-refractivity contribution in [3.8, 4) is 5.69 Å². The second-order valence-electron chi connectivity index (χ2n) is 4.88. The molecule has 3 aromatic rings. The highest BCUT2D eigenvalue weighted by Crippen LogP contribution is 2.29. The number of nitrogens with one attached hydrogen (secondary N) is 1. The summed E-state index contributed by atoms with van der Waals surface area (Å²) in [5.74, 6) is 0.618. The third-order valence-electron chi connectivity index (χ3n) is 3.44. The molecule has 0 fully saturated rings. The van der Waals surface area contributed by atoms with Gasteiger partial charge in [-0.15, -0.1) is 10.2 Å². The van der Waals surface area contributed by atoms with E-state index in [4.69, 9.17) is 23.2 Å². The summed E-state index contributed by atoms with van der Waals surface area (Å²) in [6, 6.07) is 13.7. The normalized spacial score (nSPS) is 10.7. The van der Waals surface area contributed by atoms with E-state index >= 15 is 0 Å². The zero-order valence-corrected chi connectivity index (χ0v) is 13.4. The van der Waals surface area contributed by atoms with Crippen LogP contribution in [0.25, 0.3) is 5.69 Å². The number of nitrogens with zero attached hydrogens (tertiary/aromatic N) is 3. The molecule has 0 aliphatic rings. The van der Waals surface area contributed by atoms with Gasteiger partial charge in [0.05, 0.1) is 15.7 Å². The van der Waals surface area contributed by atoms with Gasteiger partial charge in [-0.2, -0.15) is 0 Å². The van der Waals surface area contributed by atoms with Crippen molar-refractivity contribution in [2.75, 3.05) is 5.32 Å². The molecular weight excluding hydrogens is 319 g/mol. The molecular formula is C16H14Cl2N4. The molecule has 0 aliphatic heterocycles. The lowest BCUT2D eigenvalue weighted by Gasteiger charge is -2.11. The number of anilines is 1. The molecule has 1 N–H and O–H groups in total. The Morgan fingerprint density at radius 3 is 2.73 bits per heavy atom. The molecule has 0 bridgehead atoms. The zero-order valence-electron chi connectivity index (χ0n) is 11.9. The van der Waals surface area contributed by atoms with Crippen LogP contribution in [0.2, 0.25) is 10.0 Å². The van der Waals surface area contributed by atoms with Crippen molar-refractivity contribution in [3.05, 3.63) is 70.0 Å². The Labute approximate surface area is 138 Å². The molecule has 3 rings (SSSR count). The van der Waals surface area contributed by atoms with E-state index in [-0.39, 0.29) is 0 Å². The van der Waals surface area contributed by atoms with Crippen molar-refractivity contribution in [2.45, 2.75) is 13.5 Å². The van der Waals surface area contributed by atoms with Gasteiger partial charge in [0, 0.05) is 6.54 Å². The summed E-state index contributed by atoms with van der Waals surface area (Å²) in [5.41, 5.74) is 3.17. The Morgan fingerprint density at radius 2 is 1.91 bits per heavy atom. The third-order valence-corrected chi connectivity index (χ3v) is 4.25. The van der Waals surface area contributed by atoms with Crippen molar-refractivity contribution in [2.24, 2.45) is 0 Å². The molecule has 1 aromatic heterocycles. The first kappa shape index (κ1) is 14.9. The zero-order chi connectivity index (χ0) is 15.5. The van der Waals surface area contributed by atoms with Gasteiger partial charge in [-0.05, 0) is 30.2 Å². The first-order valence-corrected chi connectivity index (χ1v) is 7.55. The maximum atomic E-state index is 6.26. The van der Waals surface area contributed by atoms with Crippen LogP contribution in [0.5, 0.6) is 0 Å². The molecule has 0 atom stereocenters. The van der Waals surface area contributed by atoms with Crippen LogP contribution in [0.15, 0.2) is 48.8 Å². The number of hydrogen-bond donors (Lipinski definition) is 1. The maximum Gasteiger partial charge on any atom is 0.229 e. The molecule has 2 aromatic carbocycles. The van der Waals surface area contributed by atoms with Gasteiger partial charge in [-0.3, -0.25) is 4.57 Å². The van der Waals surface area contributed by atoms with Crippen LogP contribution in [0.1, 0.15) is 11.1 Å². The number of hydrogen-bond acceptors (Lipinski definition) is 3. The van der Waals surface area contributed by atoms with Gasteiger partial charge in [0.25, 0.3) is 0 Å². The lowest BCUT2D eigenvalue weighted by molar-refractivity contribution is 0.996.